The SMILES string of the molecule is Cn1c(=NCCc2c[nH]c3ccc(-c4ccccc4)c(Cl)c23)sc2ccccc21. The van der Waals surface area contributed by atoms with E-state index in [2.05, 4.69) is 71.3 Å². The van der Waals surface area contributed by atoms with Crippen LogP contribution in [0.1, 0.15) is 5.56 Å². The van der Waals surface area contributed by atoms with Gasteiger partial charge in [0.05, 0.1) is 15.2 Å². The molecule has 2 aromatic heterocycles. The lowest BCUT2D eigenvalue weighted by molar-refractivity contribution is 0.853. The van der Waals surface area contributed by atoms with Gasteiger partial charge in [0, 0.05) is 36.3 Å². The minimum atomic E-state index is 0.722. The zero-order chi connectivity index (χ0) is 19.8. The molecule has 5 aromatic rings. The van der Waals surface area contributed by atoms with Gasteiger partial charge in [0.1, 0.15) is 0 Å². The third kappa shape index (κ3) is 3.28. The topological polar surface area (TPSA) is 33.1 Å². The Bertz CT molecular complexity index is 1380. The maximum atomic E-state index is 6.84. The highest BCUT2D eigenvalue weighted by Gasteiger charge is 2.12. The Kier molecular flexibility index (Phi) is 4.74. The molecule has 3 nitrogen and oxygen atoms in total. The number of rotatable bonds is 4. The quantitative estimate of drug-likeness (QED) is 0.362. The van der Waals surface area contributed by atoms with Crippen molar-refractivity contribution >= 4 is 44.1 Å². The van der Waals surface area contributed by atoms with Gasteiger partial charge in [0.25, 0.3) is 0 Å². The normalized spacial score (nSPS) is 12.3. The lowest BCUT2D eigenvalue weighted by Crippen LogP contribution is -2.11. The summed E-state index contributed by atoms with van der Waals surface area (Å²) in [5.74, 6) is 0. The van der Waals surface area contributed by atoms with Crippen LogP contribution < -0.4 is 4.80 Å². The summed E-state index contributed by atoms with van der Waals surface area (Å²) in [7, 11) is 2.08. The van der Waals surface area contributed by atoms with Crippen molar-refractivity contribution in [2.75, 3.05) is 6.54 Å². The van der Waals surface area contributed by atoms with E-state index in [1.54, 1.807) is 11.3 Å². The predicted octanol–water partition coefficient (Wildman–Crippen LogP) is 6.18. The number of nitrogens with zero attached hydrogens (tertiary/aromatic N) is 2. The number of aromatic amines is 1. The molecular weight excluding hydrogens is 398 g/mol. The molecule has 0 unspecified atom stereocenters. The first-order valence-electron chi connectivity index (χ1n) is 9.61. The van der Waals surface area contributed by atoms with Crippen LogP contribution in [-0.2, 0) is 13.5 Å². The molecule has 1 N–H and O–H groups in total. The average molecular weight is 418 g/mol. The van der Waals surface area contributed by atoms with Crippen molar-refractivity contribution in [3.05, 3.63) is 88.3 Å². The molecule has 3 aromatic carbocycles. The average Bonchev–Trinajstić information content (AvgIpc) is 3.31. The summed E-state index contributed by atoms with van der Waals surface area (Å²) in [5.41, 5.74) is 5.69. The van der Waals surface area contributed by atoms with Gasteiger partial charge < -0.3 is 9.55 Å². The molecule has 5 rings (SSSR count). The summed E-state index contributed by atoms with van der Waals surface area (Å²) in [4.78, 5) is 9.26. The maximum absolute atomic E-state index is 6.84. The highest BCUT2D eigenvalue weighted by Crippen LogP contribution is 2.36. The van der Waals surface area contributed by atoms with E-state index in [0.717, 1.165) is 44.8 Å². The Balaban J connectivity index is 1.48. The number of hydrogen-bond acceptors (Lipinski definition) is 2. The standard InChI is InChI=1S/C24H20ClN3S/c1-28-20-9-5-6-10-21(20)29-24(28)26-14-13-17-15-27-19-12-11-18(23(25)22(17)19)16-7-3-2-4-8-16/h2-12,15,27H,13-14H2,1H3. The molecule has 0 aliphatic heterocycles. The fraction of sp³-hybridized carbons (Fsp3) is 0.125. The van der Waals surface area contributed by atoms with Gasteiger partial charge in [-0.1, -0.05) is 71.5 Å². The fourth-order valence-corrected chi connectivity index (χ4v) is 5.23. The summed E-state index contributed by atoms with van der Waals surface area (Å²) in [6, 6.07) is 22.9. The van der Waals surface area contributed by atoms with E-state index in [0.29, 0.717) is 0 Å². The van der Waals surface area contributed by atoms with E-state index in [1.165, 1.54) is 15.8 Å². The number of H-pyrrole nitrogens is 1. The molecule has 0 aliphatic rings. The number of para-hydroxylation sites is 1. The van der Waals surface area contributed by atoms with Crippen molar-refractivity contribution in [3.8, 4) is 11.1 Å². The van der Waals surface area contributed by atoms with E-state index in [-0.39, 0.29) is 0 Å². The van der Waals surface area contributed by atoms with Crippen molar-refractivity contribution in [1.82, 2.24) is 9.55 Å². The number of halogens is 1. The second-order valence-electron chi connectivity index (χ2n) is 7.07. The molecule has 0 amide bonds. The van der Waals surface area contributed by atoms with Crippen LogP contribution in [0.15, 0.2) is 77.9 Å². The minimum Gasteiger partial charge on any atom is -0.361 e. The van der Waals surface area contributed by atoms with E-state index in [1.807, 2.05) is 18.2 Å². The molecule has 0 radical (unpaired) electrons. The molecule has 29 heavy (non-hydrogen) atoms. The maximum Gasteiger partial charge on any atom is 0.185 e. The fourth-order valence-electron chi connectivity index (χ4n) is 3.79. The Morgan fingerprint density at radius 1 is 1.00 bits per heavy atom. The number of aryl methyl sites for hydroxylation is 1. The Morgan fingerprint density at radius 3 is 2.62 bits per heavy atom. The van der Waals surface area contributed by atoms with Crippen LogP contribution in [0.2, 0.25) is 5.02 Å². The van der Waals surface area contributed by atoms with Crippen molar-refractivity contribution in [1.29, 1.82) is 0 Å². The molecule has 0 bridgehead atoms. The molecule has 2 heterocycles. The first-order valence-corrected chi connectivity index (χ1v) is 10.8. The second kappa shape index (κ2) is 7.54. The van der Waals surface area contributed by atoms with Crippen LogP contribution in [0.4, 0.5) is 0 Å². The summed E-state index contributed by atoms with van der Waals surface area (Å²) in [6.07, 6.45) is 2.90. The van der Waals surface area contributed by atoms with Gasteiger partial charge >= 0.3 is 0 Å². The molecular formula is C24H20ClN3S. The highest BCUT2D eigenvalue weighted by atomic mass is 35.5. The van der Waals surface area contributed by atoms with E-state index in [4.69, 9.17) is 16.6 Å². The van der Waals surface area contributed by atoms with E-state index >= 15 is 0 Å². The third-order valence-electron chi connectivity index (χ3n) is 5.29. The van der Waals surface area contributed by atoms with E-state index < -0.39 is 0 Å². The number of hydrogen-bond donors (Lipinski definition) is 1. The largest absolute Gasteiger partial charge is 0.361 e. The molecule has 0 saturated heterocycles. The summed E-state index contributed by atoms with van der Waals surface area (Å²) in [5, 5.41) is 1.90. The van der Waals surface area contributed by atoms with Gasteiger partial charge in [-0.25, -0.2) is 0 Å². The van der Waals surface area contributed by atoms with Crippen LogP contribution in [0, 0.1) is 0 Å². The number of nitrogens with one attached hydrogen (secondary N) is 1. The first kappa shape index (κ1) is 18.2. The lowest BCUT2D eigenvalue weighted by Gasteiger charge is -2.07. The molecule has 0 atom stereocenters. The molecule has 0 saturated carbocycles. The van der Waals surface area contributed by atoms with Crippen molar-refractivity contribution in [3.63, 3.8) is 0 Å². The van der Waals surface area contributed by atoms with Gasteiger partial charge in [0.15, 0.2) is 4.80 Å². The van der Waals surface area contributed by atoms with Crippen molar-refractivity contribution in [2.24, 2.45) is 12.0 Å². The minimum absolute atomic E-state index is 0.722. The Labute approximate surface area is 177 Å². The second-order valence-corrected chi connectivity index (χ2v) is 8.46. The van der Waals surface area contributed by atoms with Gasteiger partial charge in [0.2, 0.25) is 0 Å². The van der Waals surface area contributed by atoms with Crippen LogP contribution in [0.25, 0.3) is 32.2 Å². The molecule has 5 heteroatoms. The number of benzene rings is 3. The van der Waals surface area contributed by atoms with Crippen LogP contribution in [0.5, 0.6) is 0 Å². The van der Waals surface area contributed by atoms with Gasteiger partial charge in [-0.05, 0) is 35.7 Å². The smallest absolute Gasteiger partial charge is 0.185 e. The molecule has 0 fully saturated rings. The summed E-state index contributed by atoms with van der Waals surface area (Å²) in [6.45, 7) is 0.722. The molecule has 144 valence electrons. The van der Waals surface area contributed by atoms with Crippen molar-refractivity contribution < 1.29 is 0 Å². The van der Waals surface area contributed by atoms with Crippen LogP contribution in [0.3, 0.4) is 0 Å². The highest BCUT2D eigenvalue weighted by molar-refractivity contribution is 7.16. The zero-order valence-electron chi connectivity index (χ0n) is 16.0. The molecule has 0 aliphatic carbocycles. The molecule has 0 spiro atoms. The van der Waals surface area contributed by atoms with Crippen LogP contribution >= 0.6 is 22.9 Å². The number of fused-ring (bicyclic) bond motifs is 2. The van der Waals surface area contributed by atoms with Gasteiger partial charge in [-0.3, -0.25) is 4.99 Å². The van der Waals surface area contributed by atoms with E-state index in [9.17, 15) is 0 Å². The Hall–Kier alpha value is -2.82. The Morgan fingerprint density at radius 2 is 1.79 bits per heavy atom. The van der Waals surface area contributed by atoms with Gasteiger partial charge in [-0.15, -0.1) is 0 Å². The zero-order valence-corrected chi connectivity index (χ0v) is 17.6. The third-order valence-corrected chi connectivity index (χ3v) is 6.84. The monoisotopic (exact) mass is 417 g/mol. The first-order chi connectivity index (χ1) is 14.2. The van der Waals surface area contributed by atoms with Crippen LogP contribution in [-0.4, -0.2) is 16.1 Å². The van der Waals surface area contributed by atoms with Crippen molar-refractivity contribution in [2.45, 2.75) is 6.42 Å². The number of thiazole rings is 1. The predicted molar refractivity (Wildman–Crippen MR) is 124 cm³/mol. The summed E-state index contributed by atoms with van der Waals surface area (Å²) < 4.78 is 3.42. The number of aromatic nitrogens is 2. The lowest BCUT2D eigenvalue weighted by atomic mass is 10.0. The van der Waals surface area contributed by atoms with Gasteiger partial charge in [-0.2, -0.15) is 0 Å². The summed E-state index contributed by atoms with van der Waals surface area (Å²) >= 11 is 8.57.